The quantitative estimate of drug-likeness (QED) is 0.0889. The summed E-state index contributed by atoms with van der Waals surface area (Å²) in [6, 6.07) is 6.32. The Hall–Kier alpha value is -6.30. The molecule has 7 rings (SSSR count). The van der Waals surface area contributed by atoms with Gasteiger partial charge in [0.05, 0.1) is 34.2 Å². The number of rotatable bonds is 18. The van der Waals surface area contributed by atoms with Crippen LogP contribution in [0.2, 0.25) is 5.02 Å². The van der Waals surface area contributed by atoms with Crippen molar-refractivity contribution in [3.63, 3.8) is 0 Å². The summed E-state index contributed by atoms with van der Waals surface area (Å²) < 4.78 is 23.0. The third kappa shape index (κ3) is 10.2. The fraction of sp³-hybridized carbons (Fsp3) is 0.455. The van der Waals surface area contributed by atoms with Gasteiger partial charge in [0, 0.05) is 61.5 Å². The maximum atomic E-state index is 15.8. The lowest BCUT2D eigenvalue weighted by Crippen LogP contribution is -2.51. The van der Waals surface area contributed by atoms with E-state index >= 15 is 4.39 Å². The van der Waals surface area contributed by atoms with Crippen molar-refractivity contribution in [1.82, 2.24) is 25.4 Å². The fourth-order valence-corrected chi connectivity index (χ4v) is 8.59. The SMILES string of the molecule is CC(C)[C@H](NC(=O)CCCCCN1C(=O)C=CC1=O)C(=O)NCC(=O)Nc1ccc(COC(=O)N[C@@H]2CN(c3c(F)cc4c(=O)c(C(=O)O)cn(C5CC5)c4c3Cl)CC23CC3)cc1. The van der Waals surface area contributed by atoms with Crippen LogP contribution in [0.25, 0.3) is 10.9 Å². The van der Waals surface area contributed by atoms with E-state index in [1.807, 2.05) is 0 Å². The first-order valence-electron chi connectivity index (χ1n) is 21.0. The number of benzene rings is 2. The number of carbonyl (C=O) groups is 7. The molecule has 6 amide bonds. The Morgan fingerprint density at radius 1 is 0.984 bits per heavy atom. The number of fused-ring (bicyclic) bond motifs is 1. The number of hydrogen-bond acceptors (Lipinski definition) is 10. The average molecular weight is 890 g/mol. The molecule has 2 saturated carbocycles. The molecule has 2 aliphatic heterocycles. The second kappa shape index (κ2) is 18.6. The number of carboxylic acid groups (broad SMARTS) is 1. The Bertz CT molecular complexity index is 2430. The van der Waals surface area contributed by atoms with Crippen LogP contribution in [-0.4, -0.2) is 94.4 Å². The van der Waals surface area contributed by atoms with Gasteiger partial charge in [-0.3, -0.25) is 33.7 Å². The molecule has 1 aromatic heterocycles. The number of aromatic nitrogens is 1. The van der Waals surface area contributed by atoms with Gasteiger partial charge in [0.25, 0.3) is 11.8 Å². The molecular formula is C44H49ClFN7O10. The summed E-state index contributed by atoms with van der Waals surface area (Å²) in [6.07, 6.45) is 8.01. The summed E-state index contributed by atoms with van der Waals surface area (Å²) >= 11 is 6.87. The van der Waals surface area contributed by atoms with Gasteiger partial charge in [-0.25, -0.2) is 14.0 Å². The highest BCUT2D eigenvalue weighted by atomic mass is 35.5. The number of nitrogens with one attached hydrogen (secondary N) is 4. The molecule has 0 bridgehead atoms. The minimum Gasteiger partial charge on any atom is -0.477 e. The van der Waals surface area contributed by atoms with Gasteiger partial charge in [0.2, 0.25) is 23.2 Å². The topological polar surface area (TPSA) is 226 Å². The molecule has 4 aliphatic rings. The van der Waals surface area contributed by atoms with E-state index in [4.69, 9.17) is 16.3 Å². The molecule has 1 spiro atoms. The zero-order valence-corrected chi connectivity index (χ0v) is 35.6. The van der Waals surface area contributed by atoms with Crippen molar-refractivity contribution in [1.29, 1.82) is 0 Å². The maximum Gasteiger partial charge on any atom is 0.407 e. The maximum absolute atomic E-state index is 15.8. The Labute approximate surface area is 366 Å². The predicted octanol–water partition coefficient (Wildman–Crippen LogP) is 4.40. The van der Waals surface area contributed by atoms with Crippen molar-refractivity contribution >= 4 is 75.5 Å². The lowest BCUT2D eigenvalue weighted by atomic mass is 10.0. The first-order chi connectivity index (χ1) is 30.0. The van der Waals surface area contributed by atoms with Crippen LogP contribution in [0.3, 0.4) is 0 Å². The summed E-state index contributed by atoms with van der Waals surface area (Å²) in [4.78, 5) is 102. The van der Waals surface area contributed by atoms with Crippen LogP contribution >= 0.6 is 11.6 Å². The molecule has 19 heteroatoms. The number of carboxylic acids is 1. The molecule has 3 aromatic rings. The molecule has 2 atom stereocenters. The molecular weight excluding hydrogens is 841 g/mol. The normalized spacial score (nSPS) is 18.0. The summed E-state index contributed by atoms with van der Waals surface area (Å²) in [5, 5.41) is 20.4. The first kappa shape index (κ1) is 44.7. The van der Waals surface area contributed by atoms with Gasteiger partial charge in [-0.2, -0.15) is 0 Å². The van der Waals surface area contributed by atoms with Crippen LogP contribution < -0.4 is 31.6 Å². The van der Waals surface area contributed by atoms with Crippen LogP contribution in [0.5, 0.6) is 0 Å². The average Bonchev–Trinajstić information content (AvgIpc) is 4.17. The van der Waals surface area contributed by atoms with Crippen molar-refractivity contribution < 1.29 is 47.8 Å². The molecule has 2 aliphatic carbocycles. The molecule has 0 unspecified atom stereocenters. The third-order valence-corrected chi connectivity index (χ3v) is 12.3. The largest absolute Gasteiger partial charge is 0.477 e. The van der Waals surface area contributed by atoms with Gasteiger partial charge >= 0.3 is 12.1 Å². The van der Waals surface area contributed by atoms with Gasteiger partial charge in [-0.15, -0.1) is 0 Å². The Morgan fingerprint density at radius 2 is 1.68 bits per heavy atom. The van der Waals surface area contributed by atoms with E-state index in [1.165, 1.54) is 18.3 Å². The Morgan fingerprint density at radius 3 is 2.32 bits per heavy atom. The number of amides is 6. The molecule has 3 heterocycles. The van der Waals surface area contributed by atoms with E-state index in [2.05, 4.69) is 21.3 Å². The van der Waals surface area contributed by atoms with Crippen LogP contribution in [0.1, 0.15) is 87.2 Å². The summed E-state index contributed by atoms with van der Waals surface area (Å²) in [7, 11) is 0. The number of unbranched alkanes of at least 4 members (excludes halogenated alkanes) is 2. The van der Waals surface area contributed by atoms with Gasteiger partial charge in [0.1, 0.15) is 24.0 Å². The number of hydrogen-bond donors (Lipinski definition) is 5. The highest BCUT2D eigenvalue weighted by Gasteiger charge is 2.56. The molecule has 17 nitrogen and oxygen atoms in total. The number of ether oxygens (including phenoxy) is 1. The number of halogens is 2. The van der Waals surface area contributed by atoms with E-state index < -0.39 is 46.7 Å². The molecule has 63 heavy (non-hydrogen) atoms. The molecule has 5 N–H and O–H groups in total. The van der Waals surface area contributed by atoms with Crippen molar-refractivity contribution in [3.8, 4) is 0 Å². The monoisotopic (exact) mass is 889 g/mol. The standard InChI is InChI=1S/C44H49ClFN7O10/c1-24(2)37(50-32(54)6-4-3-5-17-52-34(56)13-14-35(52)57)41(59)47-19-33(55)48-26-9-7-25(8-10-26)22-63-43(62)49-31-21-51(23-44(31)15-16-44)39-30(46)18-28-38(36(39)45)53(27-11-12-27)20-29(40(28)58)42(60)61/h7-10,13-14,18,20,24,27,31,37H,3-6,11-12,15-17,19,21-23H2,1-2H3,(H,47,59)(H,48,55)(H,49,62)(H,50,54)(H,60,61)/t31-,37+/m1/s1. The van der Waals surface area contributed by atoms with E-state index in [0.29, 0.717) is 37.1 Å². The van der Waals surface area contributed by atoms with Crippen LogP contribution in [0, 0.1) is 17.2 Å². The predicted molar refractivity (Wildman–Crippen MR) is 229 cm³/mol. The highest BCUT2D eigenvalue weighted by molar-refractivity contribution is 6.38. The van der Waals surface area contributed by atoms with E-state index in [-0.39, 0.29) is 95.4 Å². The minimum atomic E-state index is -1.40. The van der Waals surface area contributed by atoms with Gasteiger partial charge in [0.15, 0.2) is 0 Å². The number of imide groups is 1. The van der Waals surface area contributed by atoms with Gasteiger partial charge in [-0.05, 0) is 68.2 Å². The third-order valence-electron chi connectivity index (χ3n) is 12.0. The Balaban J connectivity index is 0.851. The van der Waals surface area contributed by atoms with E-state index in [1.54, 1.807) is 47.6 Å². The van der Waals surface area contributed by atoms with Crippen molar-refractivity contribution in [2.24, 2.45) is 11.3 Å². The van der Waals surface area contributed by atoms with Gasteiger partial charge < -0.3 is 40.6 Å². The molecule has 334 valence electrons. The summed E-state index contributed by atoms with van der Waals surface area (Å²) in [5.41, 5.74) is -0.130. The zero-order valence-electron chi connectivity index (χ0n) is 34.8. The highest BCUT2D eigenvalue weighted by Crippen LogP contribution is 2.55. The summed E-state index contributed by atoms with van der Waals surface area (Å²) in [5.74, 6) is -4.45. The Kier molecular flexibility index (Phi) is 13.2. The number of anilines is 2. The van der Waals surface area contributed by atoms with Crippen LogP contribution in [-0.2, 0) is 35.3 Å². The fourth-order valence-electron chi connectivity index (χ4n) is 8.18. The van der Waals surface area contributed by atoms with Crippen LogP contribution in [0.15, 0.2) is 53.5 Å². The minimum absolute atomic E-state index is 0.0170. The molecule has 2 aromatic carbocycles. The lowest BCUT2D eigenvalue weighted by Gasteiger charge is -2.23. The smallest absolute Gasteiger partial charge is 0.407 e. The lowest BCUT2D eigenvalue weighted by molar-refractivity contribution is -0.137. The number of alkyl carbamates (subject to hydrolysis) is 1. The molecule has 3 fully saturated rings. The number of carbonyl (C=O) groups excluding carboxylic acids is 6. The molecule has 1 saturated heterocycles. The van der Waals surface area contributed by atoms with Crippen LogP contribution in [0.4, 0.5) is 20.6 Å². The van der Waals surface area contributed by atoms with Crippen molar-refractivity contribution in [2.45, 2.75) is 89.9 Å². The number of aromatic carboxylic acids is 1. The first-order valence-corrected chi connectivity index (χ1v) is 21.4. The number of pyridine rings is 1. The number of nitrogens with zero attached hydrogens (tertiary/aromatic N) is 3. The van der Waals surface area contributed by atoms with E-state index in [0.717, 1.165) is 36.6 Å². The van der Waals surface area contributed by atoms with Crippen molar-refractivity contribution in [2.75, 3.05) is 36.4 Å². The van der Waals surface area contributed by atoms with Crippen molar-refractivity contribution in [3.05, 3.63) is 80.9 Å². The van der Waals surface area contributed by atoms with Gasteiger partial charge in [-0.1, -0.05) is 44.0 Å². The second-order valence-electron chi connectivity index (χ2n) is 17.0. The second-order valence-corrected chi connectivity index (χ2v) is 17.4. The summed E-state index contributed by atoms with van der Waals surface area (Å²) in [6.45, 7) is 4.03. The molecule has 0 radical (unpaired) electrons. The zero-order chi connectivity index (χ0) is 45.2. The van der Waals surface area contributed by atoms with E-state index in [9.17, 15) is 43.5 Å².